The van der Waals surface area contributed by atoms with Gasteiger partial charge in [0.2, 0.25) is 5.91 Å². The Balaban J connectivity index is 1.98. The molecule has 0 spiro atoms. The smallest absolute Gasteiger partial charge is 0.254 e. The van der Waals surface area contributed by atoms with Crippen molar-refractivity contribution in [1.82, 2.24) is 10.2 Å². The molecule has 0 saturated carbocycles. The molecular weight excluding hydrogens is 294 g/mol. The van der Waals surface area contributed by atoms with Crippen LogP contribution in [0.5, 0.6) is 0 Å². The minimum absolute atomic E-state index is 0.0503. The summed E-state index contributed by atoms with van der Waals surface area (Å²) in [6, 6.07) is 5.45. The van der Waals surface area contributed by atoms with Crippen molar-refractivity contribution in [3.8, 4) is 0 Å². The monoisotopic (exact) mass is 319 g/mol. The van der Waals surface area contributed by atoms with Crippen LogP contribution >= 0.6 is 0 Å². The molecule has 1 aromatic rings. The van der Waals surface area contributed by atoms with Crippen molar-refractivity contribution in [2.45, 2.75) is 19.8 Å². The summed E-state index contributed by atoms with van der Waals surface area (Å²) in [6.45, 7) is 4.91. The number of nitrogens with one attached hydrogen (secondary N) is 2. The van der Waals surface area contributed by atoms with Crippen LogP contribution in [0.3, 0.4) is 0 Å². The number of methoxy groups -OCH3 is 1. The number of ether oxygens (including phenoxy) is 1. The van der Waals surface area contributed by atoms with E-state index in [1.807, 2.05) is 30.0 Å². The van der Waals surface area contributed by atoms with Gasteiger partial charge >= 0.3 is 0 Å². The number of amides is 2. The molecule has 0 atom stereocenters. The van der Waals surface area contributed by atoms with E-state index >= 15 is 0 Å². The maximum absolute atomic E-state index is 12.5. The van der Waals surface area contributed by atoms with E-state index in [4.69, 9.17) is 4.74 Å². The van der Waals surface area contributed by atoms with Crippen LogP contribution in [0, 0.1) is 6.92 Å². The van der Waals surface area contributed by atoms with E-state index in [0.717, 1.165) is 31.5 Å². The molecule has 23 heavy (non-hydrogen) atoms. The lowest BCUT2D eigenvalue weighted by molar-refractivity contribution is -0.115. The normalized spacial score (nSPS) is 14.1. The molecule has 2 rings (SSSR count). The fourth-order valence-electron chi connectivity index (χ4n) is 2.66. The molecular formula is C17H25N3O3. The number of nitrogens with zero attached hydrogens (tertiary/aromatic N) is 1. The van der Waals surface area contributed by atoms with Crippen LogP contribution < -0.4 is 10.6 Å². The molecule has 1 aromatic carbocycles. The molecule has 2 amide bonds. The molecule has 1 heterocycles. The predicted molar refractivity (Wildman–Crippen MR) is 89.7 cm³/mol. The fourth-order valence-corrected chi connectivity index (χ4v) is 2.66. The lowest BCUT2D eigenvalue weighted by Gasteiger charge is -2.18. The SMILES string of the molecule is COCCNCC(=O)Nc1cccc(C(=O)N2CCCC2)c1C. The highest BCUT2D eigenvalue weighted by Crippen LogP contribution is 2.22. The average molecular weight is 319 g/mol. The average Bonchev–Trinajstić information content (AvgIpc) is 3.07. The largest absolute Gasteiger partial charge is 0.383 e. The Kier molecular flexibility index (Phi) is 6.55. The van der Waals surface area contributed by atoms with Crippen LogP contribution in [-0.2, 0) is 9.53 Å². The van der Waals surface area contributed by atoms with Gasteiger partial charge in [-0.1, -0.05) is 6.07 Å². The molecule has 1 aliphatic heterocycles. The molecule has 0 radical (unpaired) electrons. The number of rotatable bonds is 7. The first-order valence-electron chi connectivity index (χ1n) is 8.02. The molecule has 126 valence electrons. The fraction of sp³-hybridized carbons (Fsp3) is 0.529. The highest BCUT2D eigenvalue weighted by atomic mass is 16.5. The number of likely N-dealkylation sites (tertiary alicyclic amines) is 1. The molecule has 6 nitrogen and oxygen atoms in total. The first kappa shape index (κ1) is 17.4. The van der Waals surface area contributed by atoms with Crippen molar-refractivity contribution in [2.24, 2.45) is 0 Å². The molecule has 0 unspecified atom stereocenters. The number of carbonyl (C=O) groups excluding carboxylic acids is 2. The van der Waals surface area contributed by atoms with Gasteiger partial charge in [0.15, 0.2) is 0 Å². The van der Waals surface area contributed by atoms with Crippen molar-refractivity contribution in [3.05, 3.63) is 29.3 Å². The third-order valence-electron chi connectivity index (χ3n) is 4.00. The Morgan fingerprint density at radius 3 is 2.70 bits per heavy atom. The third kappa shape index (κ3) is 4.77. The highest BCUT2D eigenvalue weighted by molar-refractivity contribution is 5.99. The zero-order chi connectivity index (χ0) is 16.7. The number of hydrogen-bond donors (Lipinski definition) is 2. The molecule has 1 saturated heterocycles. The number of carbonyl (C=O) groups is 2. The Hall–Kier alpha value is -1.92. The van der Waals surface area contributed by atoms with Gasteiger partial charge in [0.1, 0.15) is 0 Å². The van der Waals surface area contributed by atoms with Gasteiger partial charge in [-0.2, -0.15) is 0 Å². The second-order valence-electron chi connectivity index (χ2n) is 5.70. The molecule has 0 aromatic heterocycles. The topological polar surface area (TPSA) is 70.7 Å². The number of anilines is 1. The van der Waals surface area contributed by atoms with Gasteiger partial charge in [-0.3, -0.25) is 9.59 Å². The van der Waals surface area contributed by atoms with Crippen molar-refractivity contribution >= 4 is 17.5 Å². The minimum Gasteiger partial charge on any atom is -0.383 e. The minimum atomic E-state index is -0.130. The summed E-state index contributed by atoms with van der Waals surface area (Å²) in [5, 5.41) is 5.86. The van der Waals surface area contributed by atoms with E-state index in [9.17, 15) is 9.59 Å². The summed E-state index contributed by atoms with van der Waals surface area (Å²) < 4.78 is 4.92. The van der Waals surface area contributed by atoms with Gasteiger partial charge in [-0.05, 0) is 37.5 Å². The van der Waals surface area contributed by atoms with Crippen molar-refractivity contribution < 1.29 is 14.3 Å². The highest BCUT2D eigenvalue weighted by Gasteiger charge is 2.21. The molecule has 0 bridgehead atoms. The summed E-state index contributed by atoms with van der Waals surface area (Å²) in [5.74, 6) is -0.0794. The quantitative estimate of drug-likeness (QED) is 0.746. The lowest BCUT2D eigenvalue weighted by atomic mass is 10.1. The van der Waals surface area contributed by atoms with E-state index in [0.29, 0.717) is 24.4 Å². The molecule has 6 heteroatoms. The molecule has 2 N–H and O–H groups in total. The maximum atomic E-state index is 12.5. The summed E-state index contributed by atoms with van der Waals surface area (Å²) >= 11 is 0. The Morgan fingerprint density at radius 2 is 2.00 bits per heavy atom. The van der Waals surface area contributed by atoms with Gasteiger partial charge < -0.3 is 20.3 Å². The van der Waals surface area contributed by atoms with Crippen LogP contribution in [0.25, 0.3) is 0 Å². The molecule has 1 fully saturated rings. The van der Waals surface area contributed by atoms with Gasteiger partial charge in [0.25, 0.3) is 5.91 Å². The van der Waals surface area contributed by atoms with Crippen molar-refractivity contribution in [3.63, 3.8) is 0 Å². The third-order valence-corrected chi connectivity index (χ3v) is 4.00. The number of benzene rings is 1. The Bertz CT molecular complexity index is 554. The Morgan fingerprint density at radius 1 is 1.26 bits per heavy atom. The van der Waals surface area contributed by atoms with E-state index in [2.05, 4.69) is 10.6 Å². The van der Waals surface area contributed by atoms with Crippen LogP contribution in [0.4, 0.5) is 5.69 Å². The van der Waals surface area contributed by atoms with E-state index < -0.39 is 0 Å². The van der Waals surface area contributed by atoms with Crippen molar-refractivity contribution in [1.29, 1.82) is 0 Å². The van der Waals surface area contributed by atoms with Crippen LogP contribution in [0.1, 0.15) is 28.8 Å². The van der Waals surface area contributed by atoms with Crippen LogP contribution in [0.2, 0.25) is 0 Å². The Labute approximate surface area is 137 Å². The van der Waals surface area contributed by atoms with Crippen molar-refractivity contribution in [2.75, 3.05) is 45.2 Å². The summed E-state index contributed by atoms with van der Waals surface area (Å²) in [5.41, 5.74) is 2.17. The standard InChI is InChI=1S/C17H25N3O3/c1-13-14(17(22)20-9-3-4-10-20)6-5-7-15(13)19-16(21)12-18-8-11-23-2/h5-7,18H,3-4,8-12H2,1-2H3,(H,19,21). The first-order valence-corrected chi connectivity index (χ1v) is 8.02. The lowest BCUT2D eigenvalue weighted by Crippen LogP contribution is -2.31. The van der Waals surface area contributed by atoms with Crippen LogP contribution in [-0.4, -0.2) is 56.6 Å². The van der Waals surface area contributed by atoms with E-state index in [1.54, 1.807) is 7.11 Å². The van der Waals surface area contributed by atoms with Crippen LogP contribution in [0.15, 0.2) is 18.2 Å². The van der Waals surface area contributed by atoms with Gasteiger partial charge in [-0.15, -0.1) is 0 Å². The molecule has 0 aliphatic carbocycles. The first-order chi connectivity index (χ1) is 11.1. The summed E-state index contributed by atoms with van der Waals surface area (Å²) in [7, 11) is 1.62. The van der Waals surface area contributed by atoms with Gasteiger partial charge in [0.05, 0.1) is 13.2 Å². The predicted octanol–water partition coefficient (Wildman–Crippen LogP) is 1.41. The van der Waals surface area contributed by atoms with E-state index in [1.165, 1.54) is 0 Å². The summed E-state index contributed by atoms with van der Waals surface area (Å²) in [4.78, 5) is 26.4. The zero-order valence-corrected chi connectivity index (χ0v) is 13.9. The molecule has 1 aliphatic rings. The maximum Gasteiger partial charge on any atom is 0.254 e. The second-order valence-corrected chi connectivity index (χ2v) is 5.70. The second kappa shape index (κ2) is 8.64. The number of hydrogen-bond acceptors (Lipinski definition) is 4. The van der Waals surface area contributed by atoms with E-state index in [-0.39, 0.29) is 18.4 Å². The summed E-state index contributed by atoms with van der Waals surface area (Å²) in [6.07, 6.45) is 2.13. The van der Waals surface area contributed by atoms with Gasteiger partial charge in [0, 0.05) is 38.0 Å². The zero-order valence-electron chi connectivity index (χ0n) is 13.9. The van der Waals surface area contributed by atoms with Gasteiger partial charge in [-0.25, -0.2) is 0 Å².